The molecule has 0 radical (unpaired) electrons. The summed E-state index contributed by atoms with van der Waals surface area (Å²) in [6, 6.07) is 7.98. The predicted octanol–water partition coefficient (Wildman–Crippen LogP) is 2.94. The Labute approximate surface area is 106 Å². The molecule has 17 heavy (non-hydrogen) atoms. The van der Waals surface area contributed by atoms with Crippen LogP contribution in [0.15, 0.2) is 36.8 Å². The van der Waals surface area contributed by atoms with Crippen LogP contribution >= 0.6 is 11.6 Å². The summed E-state index contributed by atoms with van der Waals surface area (Å²) in [6.07, 6.45) is 4.58. The number of hydrogen-bond acceptors (Lipinski definition) is 2. The van der Waals surface area contributed by atoms with Crippen LogP contribution in [0.3, 0.4) is 0 Å². The van der Waals surface area contributed by atoms with Crippen LogP contribution < -0.4 is 5.73 Å². The van der Waals surface area contributed by atoms with Crippen molar-refractivity contribution in [2.45, 2.75) is 25.9 Å². The summed E-state index contributed by atoms with van der Waals surface area (Å²) in [7, 11) is 0. The van der Waals surface area contributed by atoms with E-state index in [9.17, 15) is 0 Å². The lowest BCUT2D eigenvalue weighted by molar-refractivity contribution is 0.573. The Balaban J connectivity index is 2.28. The Morgan fingerprint density at radius 2 is 2.18 bits per heavy atom. The van der Waals surface area contributed by atoms with Crippen LogP contribution in [0.1, 0.15) is 13.3 Å². The zero-order chi connectivity index (χ0) is 12.3. The number of hydrogen-bond donors (Lipinski definition) is 1. The van der Waals surface area contributed by atoms with Gasteiger partial charge in [-0.05, 0) is 19.4 Å². The summed E-state index contributed by atoms with van der Waals surface area (Å²) >= 11 is 6.18. The molecule has 4 heteroatoms. The van der Waals surface area contributed by atoms with Gasteiger partial charge in [0.25, 0.3) is 0 Å². The molecule has 0 aliphatic heterocycles. The number of nitrogens with zero attached hydrogens (tertiary/aromatic N) is 2. The van der Waals surface area contributed by atoms with Gasteiger partial charge in [-0.2, -0.15) is 0 Å². The summed E-state index contributed by atoms with van der Waals surface area (Å²) in [5.41, 5.74) is 7.82. The fourth-order valence-corrected chi connectivity index (χ4v) is 1.97. The monoisotopic (exact) mass is 249 g/mol. The lowest BCUT2D eigenvalue weighted by atomic mass is 10.1. The first-order chi connectivity index (χ1) is 8.18. The second-order valence-electron chi connectivity index (χ2n) is 4.22. The fourth-order valence-electron chi connectivity index (χ4n) is 1.73. The maximum Gasteiger partial charge on any atom is 0.0950 e. The zero-order valence-corrected chi connectivity index (χ0v) is 10.6. The first kappa shape index (κ1) is 12.1. The number of rotatable bonds is 4. The quantitative estimate of drug-likeness (QED) is 0.906. The van der Waals surface area contributed by atoms with Crippen molar-refractivity contribution < 1.29 is 0 Å². The minimum Gasteiger partial charge on any atom is -0.331 e. The van der Waals surface area contributed by atoms with Gasteiger partial charge in [-0.1, -0.05) is 29.8 Å². The van der Waals surface area contributed by atoms with Gasteiger partial charge in [-0.25, -0.2) is 4.98 Å². The van der Waals surface area contributed by atoms with Crippen molar-refractivity contribution >= 4 is 11.6 Å². The molecule has 3 nitrogen and oxygen atoms in total. The van der Waals surface area contributed by atoms with Crippen LogP contribution in [0.2, 0.25) is 5.02 Å². The van der Waals surface area contributed by atoms with E-state index < -0.39 is 0 Å². The van der Waals surface area contributed by atoms with E-state index in [0.717, 1.165) is 29.2 Å². The van der Waals surface area contributed by atoms with Crippen molar-refractivity contribution in [3.63, 3.8) is 0 Å². The fraction of sp³-hybridized carbons (Fsp3) is 0.308. The Hall–Kier alpha value is -1.32. The molecule has 90 valence electrons. The normalized spacial score (nSPS) is 12.6. The summed E-state index contributed by atoms with van der Waals surface area (Å²) in [5.74, 6) is 0. The lowest BCUT2D eigenvalue weighted by Gasteiger charge is -2.10. The molecule has 1 aromatic carbocycles. The summed E-state index contributed by atoms with van der Waals surface area (Å²) in [6.45, 7) is 2.87. The van der Waals surface area contributed by atoms with Gasteiger partial charge in [0.2, 0.25) is 0 Å². The third-order valence-corrected chi connectivity index (χ3v) is 3.02. The van der Waals surface area contributed by atoms with Crippen LogP contribution in [0.5, 0.6) is 0 Å². The average molecular weight is 250 g/mol. The number of aromatic nitrogens is 2. The van der Waals surface area contributed by atoms with E-state index in [0.29, 0.717) is 0 Å². The van der Waals surface area contributed by atoms with E-state index in [1.807, 2.05) is 43.7 Å². The molecule has 0 saturated carbocycles. The van der Waals surface area contributed by atoms with Crippen molar-refractivity contribution in [3.05, 3.63) is 41.8 Å². The van der Waals surface area contributed by atoms with Gasteiger partial charge >= 0.3 is 0 Å². The second-order valence-corrected chi connectivity index (χ2v) is 4.63. The van der Waals surface area contributed by atoms with Gasteiger partial charge in [0.1, 0.15) is 0 Å². The highest BCUT2D eigenvalue weighted by atomic mass is 35.5. The lowest BCUT2D eigenvalue weighted by Crippen LogP contribution is -2.17. The van der Waals surface area contributed by atoms with Crippen molar-refractivity contribution in [1.82, 2.24) is 9.55 Å². The van der Waals surface area contributed by atoms with Crippen molar-refractivity contribution in [3.8, 4) is 11.3 Å². The topological polar surface area (TPSA) is 43.8 Å². The molecule has 1 atom stereocenters. The van der Waals surface area contributed by atoms with Crippen molar-refractivity contribution in [2.75, 3.05) is 0 Å². The maximum atomic E-state index is 6.18. The molecule has 1 unspecified atom stereocenters. The molecular formula is C13H16ClN3. The van der Waals surface area contributed by atoms with E-state index in [1.165, 1.54) is 0 Å². The van der Waals surface area contributed by atoms with Crippen molar-refractivity contribution in [1.29, 1.82) is 0 Å². The van der Waals surface area contributed by atoms with E-state index in [2.05, 4.69) is 9.55 Å². The maximum absolute atomic E-state index is 6.18. The van der Waals surface area contributed by atoms with Gasteiger partial charge in [0.05, 0.1) is 18.2 Å². The number of benzene rings is 1. The summed E-state index contributed by atoms with van der Waals surface area (Å²) < 4.78 is 2.09. The van der Waals surface area contributed by atoms with Gasteiger partial charge in [-0.3, -0.25) is 0 Å². The third-order valence-electron chi connectivity index (χ3n) is 2.69. The minimum absolute atomic E-state index is 0.191. The Bertz CT molecular complexity index is 491. The largest absolute Gasteiger partial charge is 0.331 e. The second kappa shape index (κ2) is 5.34. The third kappa shape index (κ3) is 2.87. The van der Waals surface area contributed by atoms with Crippen LogP contribution in [0.25, 0.3) is 11.3 Å². The molecule has 1 aromatic heterocycles. The predicted molar refractivity (Wildman–Crippen MR) is 70.9 cm³/mol. The number of nitrogens with two attached hydrogens (primary N) is 1. The molecule has 0 fully saturated rings. The molecule has 0 bridgehead atoms. The first-order valence-electron chi connectivity index (χ1n) is 5.69. The highest BCUT2D eigenvalue weighted by Crippen LogP contribution is 2.27. The Kier molecular flexibility index (Phi) is 3.82. The van der Waals surface area contributed by atoms with Gasteiger partial charge in [0.15, 0.2) is 0 Å². The van der Waals surface area contributed by atoms with E-state index in [1.54, 1.807) is 0 Å². The van der Waals surface area contributed by atoms with E-state index in [4.69, 9.17) is 17.3 Å². The SMILES string of the molecule is CC(N)CCn1cncc1-c1ccccc1Cl. The molecular weight excluding hydrogens is 234 g/mol. The van der Waals surface area contributed by atoms with Crippen LogP contribution in [-0.2, 0) is 6.54 Å². The zero-order valence-electron chi connectivity index (χ0n) is 9.81. The molecule has 0 spiro atoms. The molecule has 1 heterocycles. The standard InChI is InChI=1S/C13H16ClN3/c1-10(15)6-7-17-9-16-8-13(17)11-4-2-3-5-12(11)14/h2-5,8-10H,6-7,15H2,1H3. The van der Waals surface area contributed by atoms with E-state index >= 15 is 0 Å². The minimum atomic E-state index is 0.191. The van der Waals surface area contributed by atoms with Crippen LogP contribution in [0.4, 0.5) is 0 Å². The molecule has 2 N–H and O–H groups in total. The van der Waals surface area contributed by atoms with Gasteiger partial charge in [0, 0.05) is 23.2 Å². The highest BCUT2D eigenvalue weighted by Gasteiger charge is 2.08. The number of imidazole rings is 1. The Morgan fingerprint density at radius 3 is 2.88 bits per heavy atom. The van der Waals surface area contributed by atoms with Gasteiger partial charge in [-0.15, -0.1) is 0 Å². The first-order valence-corrected chi connectivity index (χ1v) is 6.07. The van der Waals surface area contributed by atoms with Crippen LogP contribution in [-0.4, -0.2) is 15.6 Å². The van der Waals surface area contributed by atoms with Crippen molar-refractivity contribution in [2.24, 2.45) is 5.73 Å². The highest BCUT2D eigenvalue weighted by molar-refractivity contribution is 6.33. The Morgan fingerprint density at radius 1 is 1.41 bits per heavy atom. The smallest absolute Gasteiger partial charge is 0.0950 e. The number of aryl methyl sites for hydroxylation is 1. The molecule has 0 aliphatic carbocycles. The molecule has 2 aromatic rings. The van der Waals surface area contributed by atoms with Gasteiger partial charge < -0.3 is 10.3 Å². The van der Waals surface area contributed by atoms with Crippen LogP contribution in [0, 0.1) is 0 Å². The summed E-state index contributed by atoms with van der Waals surface area (Å²) in [5, 5.41) is 0.745. The molecule has 2 rings (SSSR count). The molecule has 0 amide bonds. The van der Waals surface area contributed by atoms with E-state index in [-0.39, 0.29) is 6.04 Å². The molecule has 0 aliphatic rings. The molecule has 0 saturated heterocycles. The average Bonchev–Trinajstić information content (AvgIpc) is 2.75. The number of halogens is 1. The summed E-state index contributed by atoms with van der Waals surface area (Å²) in [4.78, 5) is 4.18.